The summed E-state index contributed by atoms with van der Waals surface area (Å²) in [5.41, 5.74) is 0.674. The van der Waals surface area contributed by atoms with E-state index in [4.69, 9.17) is 9.15 Å². The smallest absolute Gasteiger partial charge is 0.408 e. The van der Waals surface area contributed by atoms with E-state index >= 15 is 0 Å². The van der Waals surface area contributed by atoms with Gasteiger partial charge < -0.3 is 24.5 Å². The Morgan fingerprint density at radius 1 is 1.37 bits per heavy atom. The number of nitrogens with zero attached hydrogens (tertiary/aromatic N) is 2. The molecular formula is C18H22ClN3O5. The quantitative estimate of drug-likeness (QED) is 0.748. The minimum absolute atomic E-state index is 0. The van der Waals surface area contributed by atoms with Crippen molar-refractivity contribution in [3.63, 3.8) is 0 Å². The number of aliphatic hydroxyl groups excluding tert-OH is 1. The van der Waals surface area contributed by atoms with E-state index in [9.17, 15) is 14.7 Å². The molecule has 0 unspecified atom stereocenters. The summed E-state index contributed by atoms with van der Waals surface area (Å²) in [6, 6.07) is 7.08. The maximum absolute atomic E-state index is 12.9. The molecule has 8 nitrogen and oxygen atoms in total. The predicted octanol–water partition coefficient (Wildman–Crippen LogP) is -0.176. The van der Waals surface area contributed by atoms with Crippen LogP contribution in [0.25, 0.3) is 11.1 Å². The number of aliphatic hydroxyl groups is 1. The summed E-state index contributed by atoms with van der Waals surface area (Å²) in [6.07, 6.45) is 0.0106. The van der Waals surface area contributed by atoms with Crippen LogP contribution in [0, 0.1) is 11.8 Å². The van der Waals surface area contributed by atoms with Crippen LogP contribution >= 0.6 is 12.4 Å². The first-order valence-corrected chi connectivity index (χ1v) is 8.97. The first kappa shape index (κ1) is 18.5. The molecule has 1 amide bonds. The molecule has 3 fully saturated rings. The first-order valence-electron chi connectivity index (χ1n) is 8.97. The van der Waals surface area contributed by atoms with E-state index < -0.39 is 11.4 Å². The highest BCUT2D eigenvalue weighted by atomic mass is 35.5. The molecule has 3 saturated heterocycles. The number of fused-ring (bicyclic) bond motifs is 2. The van der Waals surface area contributed by atoms with E-state index in [0.717, 1.165) is 6.54 Å². The number of aromatic nitrogens is 1. The normalized spacial score (nSPS) is 31.7. The van der Waals surface area contributed by atoms with Crippen molar-refractivity contribution >= 4 is 29.4 Å². The van der Waals surface area contributed by atoms with Crippen LogP contribution in [0.5, 0.6) is 0 Å². The molecule has 146 valence electrons. The van der Waals surface area contributed by atoms with Crippen molar-refractivity contribution in [2.24, 2.45) is 11.8 Å². The Kier molecular flexibility index (Phi) is 4.54. The zero-order valence-electron chi connectivity index (χ0n) is 14.7. The molecule has 0 radical (unpaired) electrons. The van der Waals surface area contributed by atoms with Crippen LogP contribution < -0.4 is 11.1 Å². The summed E-state index contributed by atoms with van der Waals surface area (Å²) in [7, 11) is 0. The highest BCUT2D eigenvalue weighted by Gasteiger charge is 2.61. The lowest BCUT2D eigenvalue weighted by atomic mass is 9.83. The molecular weight excluding hydrogens is 374 g/mol. The van der Waals surface area contributed by atoms with Gasteiger partial charge in [0.1, 0.15) is 12.1 Å². The third kappa shape index (κ3) is 2.70. The van der Waals surface area contributed by atoms with Gasteiger partial charge in [-0.3, -0.25) is 9.36 Å². The van der Waals surface area contributed by atoms with Crippen molar-refractivity contribution in [2.45, 2.75) is 18.2 Å². The average Bonchev–Trinajstić information content (AvgIpc) is 3.20. The molecule has 1 spiro atoms. The molecule has 2 N–H and O–H groups in total. The number of hydrogen-bond donors (Lipinski definition) is 2. The Labute approximate surface area is 161 Å². The average molecular weight is 396 g/mol. The fraction of sp³-hybridized carbons (Fsp3) is 0.556. The minimum Gasteiger partial charge on any atom is -0.408 e. The fourth-order valence-electron chi connectivity index (χ4n) is 4.89. The van der Waals surface area contributed by atoms with Crippen molar-refractivity contribution in [3.05, 3.63) is 34.8 Å². The predicted molar refractivity (Wildman–Crippen MR) is 98.8 cm³/mol. The second kappa shape index (κ2) is 6.63. The van der Waals surface area contributed by atoms with Gasteiger partial charge in [-0.1, -0.05) is 12.1 Å². The van der Waals surface area contributed by atoms with Gasteiger partial charge in [-0.25, -0.2) is 4.79 Å². The molecule has 0 aliphatic carbocycles. The van der Waals surface area contributed by atoms with Gasteiger partial charge in [0, 0.05) is 38.1 Å². The summed E-state index contributed by atoms with van der Waals surface area (Å²) in [5.74, 6) is -0.500. The molecule has 1 aromatic heterocycles. The number of oxazole rings is 1. The van der Waals surface area contributed by atoms with Crippen molar-refractivity contribution in [3.8, 4) is 0 Å². The minimum atomic E-state index is -0.527. The Morgan fingerprint density at radius 2 is 2.19 bits per heavy atom. The van der Waals surface area contributed by atoms with E-state index in [1.807, 2.05) is 6.07 Å². The summed E-state index contributed by atoms with van der Waals surface area (Å²) >= 11 is 0. The molecule has 4 heterocycles. The highest BCUT2D eigenvalue weighted by Crippen LogP contribution is 2.47. The third-order valence-electron chi connectivity index (χ3n) is 6.13. The zero-order valence-corrected chi connectivity index (χ0v) is 15.5. The number of ether oxygens (including phenoxy) is 1. The largest absolute Gasteiger partial charge is 0.420 e. The van der Waals surface area contributed by atoms with Crippen LogP contribution in [0.15, 0.2) is 33.5 Å². The van der Waals surface area contributed by atoms with Crippen LogP contribution in [0.4, 0.5) is 0 Å². The Morgan fingerprint density at radius 3 is 3.00 bits per heavy atom. The second-order valence-corrected chi connectivity index (χ2v) is 7.50. The van der Waals surface area contributed by atoms with E-state index in [2.05, 4.69) is 5.32 Å². The molecule has 5 rings (SSSR count). The van der Waals surface area contributed by atoms with Crippen molar-refractivity contribution in [1.29, 1.82) is 0 Å². The molecule has 3 aliphatic rings. The molecule has 2 aromatic rings. The van der Waals surface area contributed by atoms with Gasteiger partial charge in [0.15, 0.2) is 5.58 Å². The Bertz CT molecular complexity index is 927. The monoisotopic (exact) mass is 395 g/mol. The molecule has 9 heteroatoms. The molecule has 4 atom stereocenters. The molecule has 2 bridgehead atoms. The summed E-state index contributed by atoms with van der Waals surface area (Å²) in [5, 5.41) is 13.1. The number of benzene rings is 1. The summed E-state index contributed by atoms with van der Waals surface area (Å²) in [6.45, 7) is 2.47. The van der Waals surface area contributed by atoms with Gasteiger partial charge in [0.25, 0.3) is 0 Å². The highest BCUT2D eigenvalue weighted by molar-refractivity contribution is 5.85. The maximum atomic E-state index is 12.9. The van der Waals surface area contributed by atoms with Crippen molar-refractivity contribution < 1.29 is 19.1 Å². The number of halogens is 1. The lowest BCUT2D eigenvalue weighted by Gasteiger charge is -2.33. The topological polar surface area (TPSA) is 96.9 Å². The lowest BCUT2D eigenvalue weighted by Crippen LogP contribution is -2.52. The van der Waals surface area contributed by atoms with Crippen LogP contribution in [-0.2, 0) is 16.1 Å². The standard InChI is InChI=1S/C18H21N3O5.ClH/c22-8-11-12-6-20(10-18(12)9-19-5-15(11)26-18)16(23)7-21-13-3-1-2-4-14(13)25-17(21)24;/h1-4,11-12,15,19,22H,5-10H2;1H/t11-,12+,15+,18+;/m0./s1. The van der Waals surface area contributed by atoms with Crippen molar-refractivity contribution in [1.82, 2.24) is 14.8 Å². The van der Waals surface area contributed by atoms with E-state index in [1.165, 1.54) is 4.57 Å². The van der Waals surface area contributed by atoms with E-state index in [0.29, 0.717) is 30.7 Å². The molecule has 27 heavy (non-hydrogen) atoms. The van der Waals surface area contributed by atoms with Gasteiger partial charge in [-0.05, 0) is 12.1 Å². The number of likely N-dealkylation sites (tertiary alicyclic amines) is 1. The van der Waals surface area contributed by atoms with Gasteiger partial charge in [-0.15, -0.1) is 12.4 Å². The second-order valence-electron chi connectivity index (χ2n) is 7.50. The molecule has 0 saturated carbocycles. The molecule has 3 aliphatic heterocycles. The van der Waals surface area contributed by atoms with E-state index in [-0.39, 0.29) is 49.4 Å². The lowest BCUT2D eigenvalue weighted by molar-refractivity contribution is -0.134. The van der Waals surface area contributed by atoms with Gasteiger partial charge >= 0.3 is 5.76 Å². The number of nitrogens with one attached hydrogen (secondary N) is 1. The van der Waals surface area contributed by atoms with E-state index in [1.54, 1.807) is 23.1 Å². The van der Waals surface area contributed by atoms with Gasteiger partial charge in [0.2, 0.25) is 5.91 Å². The van der Waals surface area contributed by atoms with Crippen LogP contribution in [0.3, 0.4) is 0 Å². The number of amides is 1. The van der Waals surface area contributed by atoms with Gasteiger partial charge in [0.05, 0.1) is 18.2 Å². The third-order valence-corrected chi connectivity index (χ3v) is 6.13. The fourth-order valence-corrected chi connectivity index (χ4v) is 4.89. The van der Waals surface area contributed by atoms with Gasteiger partial charge in [-0.2, -0.15) is 0 Å². The molecule has 1 aromatic carbocycles. The number of para-hydroxylation sites is 2. The van der Waals surface area contributed by atoms with Crippen LogP contribution in [0.2, 0.25) is 0 Å². The Hall–Kier alpha value is -1.87. The number of carbonyl (C=O) groups excluding carboxylic acids is 1. The summed E-state index contributed by atoms with van der Waals surface area (Å²) < 4.78 is 12.8. The number of carbonyl (C=O) groups is 1. The number of morpholine rings is 1. The number of rotatable bonds is 3. The summed E-state index contributed by atoms with van der Waals surface area (Å²) in [4.78, 5) is 26.7. The SMILES string of the molecule is Cl.O=C(Cn1c(=O)oc2ccccc21)N1C[C@@H]2[C@H](CO)[C@H]3CNC[C@]2(C1)O3. The maximum Gasteiger partial charge on any atom is 0.420 e. The van der Waals surface area contributed by atoms with Crippen LogP contribution in [0.1, 0.15) is 0 Å². The Balaban J connectivity index is 0.00000180. The van der Waals surface area contributed by atoms with Crippen LogP contribution in [-0.4, -0.2) is 65.0 Å². The number of hydrogen-bond acceptors (Lipinski definition) is 6. The first-order chi connectivity index (χ1) is 12.6. The zero-order chi connectivity index (χ0) is 17.9. The van der Waals surface area contributed by atoms with Crippen molar-refractivity contribution in [2.75, 3.05) is 32.8 Å².